The lowest BCUT2D eigenvalue weighted by Crippen LogP contribution is -2.23. The molecule has 5 aromatic rings. The maximum absolute atomic E-state index is 13.7. The topological polar surface area (TPSA) is 126 Å². The Balaban J connectivity index is 1.91. The van der Waals surface area contributed by atoms with Gasteiger partial charge in [-0.3, -0.25) is 14.6 Å². The molecular weight excluding hydrogens is 456 g/mol. The third-order valence-corrected chi connectivity index (χ3v) is 6.58. The van der Waals surface area contributed by atoms with E-state index in [0.717, 1.165) is 10.2 Å². The predicted molar refractivity (Wildman–Crippen MR) is 133 cm³/mol. The van der Waals surface area contributed by atoms with Gasteiger partial charge in [0.1, 0.15) is 22.3 Å². The second-order valence-corrected chi connectivity index (χ2v) is 8.49. The van der Waals surface area contributed by atoms with Crippen LogP contribution in [0.25, 0.3) is 37.2 Å². The lowest BCUT2D eigenvalue weighted by Gasteiger charge is -2.23. The van der Waals surface area contributed by atoms with Crippen molar-refractivity contribution in [2.75, 3.05) is 25.2 Å². The van der Waals surface area contributed by atoms with E-state index in [-0.39, 0.29) is 22.1 Å². The second-order valence-electron chi connectivity index (χ2n) is 7.46. The molecule has 0 bridgehead atoms. The Kier molecular flexibility index (Phi) is 5.33. The molecule has 0 unspecified atom stereocenters. The fraction of sp³-hybridized carbons (Fsp3) is 0.0833. The molecule has 0 atom stereocenters. The number of hydrogen-bond donors (Lipinski definition) is 2. The number of para-hydroxylation sites is 1. The normalized spacial score (nSPS) is 11.2. The van der Waals surface area contributed by atoms with Crippen LogP contribution in [-0.4, -0.2) is 29.0 Å². The molecule has 0 aliphatic heterocycles. The first-order valence-electron chi connectivity index (χ1n) is 10.1. The van der Waals surface area contributed by atoms with Gasteiger partial charge in [0, 0.05) is 23.6 Å². The maximum Gasteiger partial charge on any atom is 0.264 e. The lowest BCUT2D eigenvalue weighted by molar-refractivity contribution is 0.296. The number of ether oxygens (including phenoxy) is 2. The zero-order valence-corrected chi connectivity index (χ0v) is 19.0. The van der Waals surface area contributed by atoms with E-state index in [1.165, 1.54) is 42.3 Å². The number of nitrogen functional groups attached to an aromatic ring is 1. The molecular formula is C24H19N4O5S-. The predicted octanol–water partition coefficient (Wildman–Crippen LogP) is 4.56. The van der Waals surface area contributed by atoms with Gasteiger partial charge in [0.05, 0.1) is 46.8 Å². The van der Waals surface area contributed by atoms with Crippen LogP contribution in [0.2, 0.25) is 0 Å². The van der Waals surface area contributed by atoms with Gasteiger partial charge in [-0.15, -0.1) is 11.3 Å². The first-order valence-corrected chi connectivity index (χ1v) is 11.0. The highest BCUT2D eigenvalue weighted by Gasteiger charge is 2.21. The van der Waals surface area contributed by atoms with Crippen molar-refractivity contribution in [3.05, 3.63) is 76.2 Å². The molecule has 0 aliphatic rings. The monoisotopic (exact) mass is 475 g/mol. The number of benzene rings is 3. The minimum atomic E-state index is -0.476. The summed E-state index contributed by atoms with van der Waals surface area (Å²) in [5.74, 6) is 1.11. The SMILES string of the molecule is COc1cc(OC)cc(-n2c(N)c(-c3nc4ccccc4s3)c3ccc(N([O-])O)cc3c2=O)c1. The molecule has 3 N–H and O–H groups in total. The molecule has 0 radical (unpaired) electrons. The van der Waals surface area contributed by atoms with Crippen molar-refractivity contribution in [2.24, 2.45) is 0 Å². The Bertz CT molecular complexity index is 1550. The molecule has 0 fully saturated rings. The second kappa shape index (κ2) is 8.34. The molecule has 5 rings (SSSR count). The summed E-state index contributed by atoms with van der Waals surface area (Å²) in [7, 11) is 3.02. The number of nitrogens with zero attached hydrogens (tertiary/aromatic N) is 3. The van der Waals surface area contributed by atoms with Crippen LogP contribution in [0, 0.1) is 5.21 Å². The van der Waals surface area contributed by atoms with Gasteiger partial charge in [-0.25, -0.2) is 4.98 Å². The number of thiazole rings is 1. The highest BCUT2D eigenvalue weighted by Crippen LogP contribution is 2.39. The highest BCUT2D eigenvalue weighted by molar-refractivity contribution is 7.21. The van der Waals surface area contributed by atoms with Crippen molar-refractivity contribution in [3.63, 3.8) is 0 Å². The minimum Gasteiger partial charge on any atom is -0.733 e. The average Bonchev–Trinajstić information content (AvgIpc) is 3.27. The third kappa shape index (κ3) is 3.50. The van der Waals surface area contributed by atoms with Gasteiger partial charge >= 0.3 is 0 Å². The van der Waals surface area contributed by atoms with Gasteiger partial charge < -0.3 is 25.6 Å². The summed E-state index contributed by atoms with van der Waals surface area (Å²) in [6, 6.07) is 17.0. The Morgan fingerprint density at radius 2 is 1.74 bits per heavy atom. The molecule has 0 saturated heterocycles. The van der Waals surface area contributed by atoms with Gasteiger partial charge in [-0.05, 0) is 24.3 Å². The van der Waals surface area contributed by atoms with E-state index >= 15 is 0 Å². The van der Waals surface area contributed by atoms with Crippen LogP contribution in [0.5, 0.6) is 11.5 Å². The summed E-state index contributed by atoms with van der Waals surface area (Å²) in [6.45, 7) is 0. The van der Waals surface area contributed by atoms with Gasteiger partial charge in [-0.2, -0.15) is 0 Å². The summed E-state index contributed by atoms with van der Waals surface area (Å²) < 4.78 is 13.0. The van der Waals surface area contributed by atoms with Crippen LogP contribution in [0.15, 0.2) is 65.5 Å². The third-order valence-electron chi connectivity index (χ3n) is 5.53. The largest absolute Gasteiger partial charge is 0.733 e. The molecule has 3 aromatic carbocycles. The van der Waals surface area contributed by atoms with Crippen molar-refractivity contribution < 1.29 is 14.7 Å². The first kappa shape index (κ1) is 21.7. The molecule has 10 heteroatoms. The number of rotatable bonds is 5. The fourth-order valence-corrected chi connectivity index (χ4v) is 4.94. The number of anilines is 2. The number of hydrogen-bond acceptors (Lipinski definition) is 9. The molecule has 0 aliphatic carbocycles. The van der Waals surface area contributed by atoms with E-state index in [1.54, 1.807) is 24.3 Å². The van der Waals surface area contributed by atoms with Gasteiger partial charge in [0.2, 0.25) is 0 Å². The smallest absolute Gasteiger partial charge is 0.264 e. The summed E-state index contributed by atoms with van der Waals surface area (Å²) in [4.78, 5) is 18.4. The number of aromatic nitrogens is 2. The zero-order chi connectivity index (χ0) is 24.0. The minimum absolute atomic E-state index is 0.0839. The van der Waals surface area contributed by atoms with Crippen LogP contribution in [0.1, 0.15) is 0 Å². The Hall–Kier alpha value is -4.12. The number of nitrogens with two attached hydrogens (primary N) is 1. The van der Waals surface area contributed by atoms with Crippen molar-refractivity contribution in [1.82, 2.24) is 9.55 Å². The molecule has 34 heavy (non-hydrogen) atoms. The zero-order valence-electron chi connectivity index (χ0n) is 18.2. The van der Waals surface area contributed by atoms with E-state index in [4.69, 9.17) is 20.2 Å². The summed E-state index contributed by atoms with van der Waals surface area (Å²) in [5.41, 5.74) is 7.84. The molecule has 172 valence electrons. The van der Waals surface area contributed by atoms with E-state index in [1.807, 2.05) is 24.3 Å². The van der Waals surface area contributed by atoms with Crippen LogP contribution in [0.3, 0.4) is 0 Å². The van der Waals surface area contributed by atoms with Gasteiger partial charge in [0.25, 0.3) is 5.56 Å². The first-order chi connectivity index (χ1) is 16.4. The number of pyridine rings is 1. The molecule has 0 amide bonds. The van der Waals surface area contributed by atoms with Crippen LogP contribution < -0.4 is 26.0 Å². The van der Waals surface area contributed by atoms with E-state index in [9.17, 15) is 15.2 Å². The van der Waals surface area contributed by atoms with Crippen LogP contribution in [-0.2, 0) is 0 Å². The summed E-state index contributed by atoms with van der Waals surface area (Å²) in [5, 5.41) is 22.0. The Morgan fingerprint density at radius 1 is 1.03 bits per heavy atom. The van der Waals surface area contributed by atoms with E-state index in [0.29, 0.717) is 33.1 Å². The number of fused-ring (bicyclic) bond motifs is 2. The van der Waals surface area contributed by atoms with Crippen LogP contribution in [0.4, 0.5) is 11.5 Å². The lowest BCUT2D eigenvalue weighted by atomic mass is 10.0. The molecule has 0 saturated carbocycles. The molecule has 9 nitrogen and oxygen atoms in total. The summed E-state index contributed by atoms with van der Waals surface area (Å²) in [6.07, 6.45) is 0. The highest BCUT2D eigenvalue weighted by atomic mass is 32.1. The Labute approximate surface area is 197 Å². The number of methoxy groups -OCH3 is 2. The standard InChI is InChI=1S/C24H19N4O5S/c1-32-15-9-14(10-16(12-15)33-2)27-22(25)21(23-26-19-5-3-4-6-20(19)34-23)17-8-7-13(28(30)31)11-18(17)24(27)29/h3-12,30H,25H2,1-2H3/q-1. The molecule has 0 spiro atoms. The van der Waals surface area contributed by atoms with Gasteiger partial charge in [0.15, 0.2) is 0 Å². The Morgan fingerprint density at radius 3 is 2.38 bits per heavy atom. The fourth-order valence-electron chi connectivity index (χ4n) is 3.91. The quantitative estimate of drug-likeness (QED) is 0.354. The van der Waals surface area contributed by atoms with E-state index < -0.39 is 5.56 Å². The van der Waals surface area contributed by atoms with E-state index in [2.05, 4.69) is 0 Å². The summed E-state index contributed by atoms with van der Waals surface area (Å²) >= 11 is 1.44. The average molecular weight is 476 g/mol. The maximum atomic E-state index is 13.7. The van der Waals surface area contributed by atoms with Crippen molar-refractivity contribution in [1.29, 1.82) is 0 Å². The van der Waals surface area contributed by atoms with Crippen molar-refractivity contribution >= 4 is 43.8 Å². The van der Waals surface area contributed by atoms with Crippen LogP contribution >= 0.6 is 11.3 Å². The molecule has 2 heterocycles. The van der Waals surface area contributed by atoms with Gasteiger partial charge in [-0.1, -0.05) is 18.2 Å². The van der Waals surface area contributed by atoms with Crippen molar-refractivity contribution in [3.8, 4) is 27.8 Å². The van der Waals surface area contributed by atoms with Crippen molar-refractivity contribution in [2.45, 2.75) is 0 Å². The molecule has 2 aromatic heterocycles.